The maximum absolute atomic E-state index is 13.0. The van der Waals surface area contributed by atoms with Crippen LogP contribution in [0.5, 0.6) is 0 Å². The van der Waals surface area contributed by atoms with E-state index < -0.39 is 11.6 Å². The van der Waals surface area contributed by atoms with Gasteiger partial charge in [-0.15, -0.1) is 0 Å². The predicted molar refractivity (Wildman–Crippen MR) is 60.3 cm³/mol. The molecule has 0 radical (unpaired) electrons. The molecule has 3 heteroatoms. The lowest BCUT2D eigenvalue weighted by Crippen LogP contribution is -2.41. The Labute approximate surface area is 94.9 Å². The van der Waals surface area contributed by atoms with E-state index in [-0.39, 0.29) is 0 Å². The molecule has 1 aliphatic rings. The van der Waals surface area contributed by atoms with Crippen LogP contribution in [0.25, 0.3) is 0 Å². The van der Waals surface area contributed by atoms with Crippen LogP contribution in [0.15, 0.2) is 18.2 Å². The lowest BCUT2D eigenvalue weighted by Gasteiger charge is -2.28. The van der Waals surface area contributed by atoms with Gasteiger partial charge in [-0.3, -0.25) is 0 Å². The summed E-state index contributed by atoms with van der Waals surface area (Å²) in [4.78, 5) is 0. The van der Waals surface area contributed by atoms with Crippen LogP contribution in [0.1, 0.15) is 31.7 Å². The third-order valence-electron chi connectivity index (χ3n) is 3.11. The number of nitrogens with one attached hydrogen (secondary N) is 1. The zero-order valence-corrected chi connectivity index (χ0v) is 9.47. The van der Waals surface area contributed by atoms with E-state index in [9.17, 15) is 8.78 Å². The van der Waals surface area contributed by atoms with Gasteiger partial charge in [0.15, 0.2) is 0 Å². The van der Waals surface area contributed by atoms with E-state index in [1.165, 1.54) is 25.0 Å². The lowest BCUT2D eigenvalue weighted by molar-refractivity contribution is 0.333. The van der Waals surface area contributed by atoms with E-state index in [1.54, 1.807) is 0 Å². The maximum atomic E-state index is 13.0. The van der Waals surface area contributed by atoms with Gasteiger partial charge in [0.05, 0.1) is 0 Å². The first-order valence-electron chi connectivity index (χ1n) is 5.84. The van der Waals surface area contributed by atoms with Crippen molar-refractivity contribution in [3.8, 4) is 0 Å². The Hall–Kier alpha value is -0.960. The van der Waals surface area contributed by atoms with Crippen molar-refractivity contribution in [1.29, 1.82) is 0 Å². The van der Waals surface area contributed by atoms with Crippen LogP contribution in [0.3, 0.4) is 0 Å². The van der Waals surface area contributed by atoms with Gasteiger partial charge in [-0.1, -0.05) is 6.42 Å². The zero-order chi connectivity index (χ0) is 11.5. The standard InChI is InChI=1S/C13H17F2N/c1-9-3-2-4-13(16-9)7-10-5-11(14)8-12(15)6-10/h5-6,8-9,13,16H,2-4,7H2,1H3. The second-order valence-electron chi connectivity index (χ2n) is 4.68. The largest absolute Gasteiger partial charge is 0.311 e. The lowest BCUT2D eigenvalue weighted by atomic mass is 9.94. The highest BCUT2D eigenvalue weighted by Gasteiger charge is 2.18. The molecule has 2 atom stereocenters. The van der Waals surface area contributed by atoms with Crippen LogP contribution in [0.2, 0.25) is 0 Å². The smallest absolute Gasteiger partial charge is 0.126 e. The first-order chi connectivity index (χ1) is 7.63. The first kappa shape index (κ1) is 11.5. The highest BCUT2D eigenvalue weighted by atomic mass is 19.1. The molecule has 0 aliphatic carbocycles. The van der Waals surface area contributed by atoms with Gasteiger partial charge in [-0.25, -0.2) is 8.78 Å². The fourth-order valence-corrected chi connectivity index (χ4v) is 2.41. The average molecular weight is 225 g/mol. The Balaban J connectivity index is 2.02. The normalized spacial score (nSPS) is 25.7. The summed E-state index contributed by atoms with van der Waals surface area (Å²) >= 11 is 0. The van der Waals surface area contributed by atoms with Crippen LogP contribution in [0, 0.1) is 11.6 Å². The molecule has 1 N–H and O–H groups in total. The summed E-state index contributed by atoms with van der Waals surface area (Å²) in [5.74, 6) is -0.974. The summed E-state index contributed by atoms with van der Waals surface area (Å²) in [6.07, 6.45) is 4.17. The quantitative estimate of drug-likeness (QED) is 0.815. The second-order valence-corrected chi connectivity index (χ2v) is 4.68. The molecule has 0 saturated carbocycles. The van der Waals surface area contributed by atoms with Gasteiger partial charge in [-0.2, -0.15) is 0 Å². The zero-order valence-electron chi connectivity index (χ0n) is 9.47. The summed E-state index contributed by atoms with van der Waals surface area (Å²) in [5.41, 5.74) is 0.740. The van der Waals surface area contributed by atoms with Crippen molar-refractivity contribution in [3.63, 3.8) is 0 Å². The van der Waals surface area contributed by atoms with E-state index in [1.807, 2.05) is 0 Å². The monoisotopic (exact) mass is 225 g/mol. The van der Waals surface area contributed by atoms with Crippen molar-refractivity contribution in [1.82, 2.24) is 5.32 Å². The van der Waals surface area contributed by atoms with Crippen molar-refractivity contribution < 1.29 is 8.78 Å². The fraction of sp³-hybridized carbons (Fsp3) is 0.538. The van der Waals surface area contributed by atoms with E-state index in [0.717, 1.165) is 18.1 Å². The van der Waals surface area contributed by atoms with Gasteiger partial charge in [0, 0.05) is 18.2 Å². The number of halogens is 2. The van der Waals surface area contributed by atoms with Crippen molar-refractivity contribution in [2.24, 2.45) is 0 Å². The third kappa shape index (κ3) is 3.01. The minimum Gasteiger partial charge on any atom is -0.311 e. The molecule has 1 aliphatic heterocycles. The van der Waals surface area contributed by atoms with Crippen molar-refractivity contribution >= 4 is 0 Å². The van der Waals surface area contributed by atoms with Crippen molar-refractivity contribution in [2.45, 2.75) is 44.7 Å². The Morgan fingerprint density at radius 2 is 1.88 bits per heavy atom. The molecule has 1 aromatic rings. The summed E-state index contributed by atoms with van der Waals surface area (Å²) < 4.78 is 26.0. The molecule has 1 fully saturated rings. The molecular weight excluding hydrogens is 208 g/mol. The Morgan fingerprint density at radius 1 is 1.19 bits per heavy atom. The molecule has 16 heavy (non-hydrogen) atoms. The van der Waals surface area contributed by atoms with Gasteiger partial charge in [0.2, 0.25) is 0 Å². The van der Waals surface area contributed by atoms with Crippen molar-refractivity contribution in [3.05, 3.63) is 35.4 Å². The highest BCUT2D eigenvalue weighted by Crippen LogP contribution is 2.17. The second kappa shape index (κ2) is 4.91. The Kier molecular flexibility index (Phi) is 3.54. The molecule has 1 heterocycles. The Morgan fingerprint density at radius 3 is 2.50 bits per heavy atom. The van der Waals surface area contributed by atoms with Gasteiger partial charge in [0.25, 0.3) is 0 Å². The SMILES string of the molecule is CC1CCCC(Cc2cc(F)cc(F)c2)N1. The van der Waals surface area contributed by atoms with Crippen LogP contribution < -0.4 is 5.32 Å². The van der Waals surface area contributed by atoms with Crippen molar-refractivity contribution in [2.75, 3.05) is 0 Å². The molecule has 2 rings (SSSR count). The summed E-state index contributed by atoms with van der Waals surface area (Å²) in [7, 11) is 0. The molecule has 1 nitrogen and oxygen atoms in total. The highest BCUT2D eigenvalue weighted by molar-refractivity contribution is 5.19. The summed E-state index contributed by atoms with van der Waals surface area (Å²) in [6, 6.07) is 4.62. The Bertz CT molecular complexity index is 345. The van der Waals surface area contributed by atoms with E-state index in [4.69, 9.17) is 0 Å². The third-order valence-corrected chi connectivity index (χ3v) is 3.11. The van der Waals surface area contributed by atoms with E-state index >= 15 is 0 Å². The van der Waals surface area contributed by atoms with Crippen LogP contribution in [-0.4, -0.2) is 12.1 Å². The summed E-state index contributed by atoms with van der Waals surface area (Å²) in [6.45, 7) is 2.15. The minimum atomic E-state index is -0.487. The molecule has 1 saturated heterocycles. The number of piperidine rings is 1. The van der Waals surface area contributed by atoms with Gasteiger partial charge >= 0.3 is 0 Å². The molecule has 2 unspecified atom stereocenters. The van der Waals surface area contributed by atoms with Crippen LogP contribution >= 0.6 is 0 Å². The maximum Gasteiger partial charge on any atom is 0.126 e. The molecule has 0 aromatic heterocycles. The molecule has 0 amide bonds. The van der Waals surface area contributed by atoms with E-state index in [2.05, 4.69) is 12.2 Å². The molecule has 0 spiro atoms. The van der Waals surface area contributed by atoms with E-state index in [0.29, 0.717) is 18.5 Å². The van der Waals surface area contributed by atoms with Gasteiger partial charge < -0.3 is 5.32 Å². The molecule has 1 aromatic carbocycles. The summed E-state index contributed by atoms with van der Waals surface area (Å²) in [5, 5.41) is 3.46. The van der Waals surface area contributed by atoms with Crippen LogP contribution in [0.4, 0.5) is 8.78 Å². The van der Waals surface area contributed by atoms with Gasteiger partial charge in [0.1, 0.15) is 11.6 Å². The average Bonchev–Trinajstić information content (AvgIpc) is 2.15. The first-order valence-corrected chi connectivity index (χ1v) is 5.84. The number of rotatable bonds is 2. The predicted octanol–water partition coefficient (Wildman–Crippen LogP) is 3.04. The fourth-order valence-electron chi connectivity index (χ4n) is 2.41. The topological polar surface area (TPSA) is 12.0 Å². The molecular formula is C13H17F2N. The van der Waals surface area contributed by atoms with Gasteiger partial charge in [-0.05, 0) is 43.9 Å². The molecule has 0 bridgehead atoms. The number of hydrogen-bond acceptors (Lipinski definition) is 1. The number of benzene rings is 1. The van der Waals surface area contributed by atoms with Crippen LogP contribution in [-0.2, 0) is 6.42 Å². The molecule has 88 valence electrons. The number of hydrogen-bond donors (Lipinski definition) is 1. The minimum absolute atomic E-state index is 0.352.